The summed E-state index contributed by atoms with van der Waals surface area (Å²) in [5, 5.41) is 0.546. The van der Waals surface area contributed by atoms with Crippen molar-refractivity contribution in [2.75, 3.05) is 18.1 Å². The minimum absolute atomic E-state index is 0.0631. The van der Waals surface area contributed by atoms with E-state index in [-0.39, 0.29) is 46.8 Å². The Hall–Kier alpha value is -3.43. The first-order chi connectivity index (χ1) is 18.8. The van der Waals surface area contributed by atoms with Crippen LogP contribution in [0.2, 0.25) is 10.0 Å². The van der Waals surface area contributed by atoms with Crippen LogP contribution in [0.1, 0.15) is 35.6 Å². The summed E-state index contributed by atoms with van der Waals surface area (Å²) in [6, 6.07) is 11.6. The van der Waals surface area contributed by atoms with Crippen LogP contribution in [0.25, 0.3) is 0 Å². The smallest absolute Gasteiger partial charge is 0.387 e. The fraction of sp³-hybridized carbons (Fsp3) is 0.321. The van der Waals surface area contributed by atoms with Crippen molar-refractivity contribution in [3.05, 3.63) is 81.6 Å². The maximum Gasteiger partial charge on any atom is 0.387 e. The lowest BCUT2D eigenvalue weighted by Crippen LogP contribution is -2.34. The van der Waals surface area contributed by atoms with Crippen LogP contribution in [-0.2, 0) is 27.2 Å². The van der Waals surface area contributed by atoms with E-state index in [2.05, 4.69) is 9.72 Å². The van der Waals surface area contributed by atoms with E-state index >= 15 is 0 Å². The third-order valence-electron chi connectivity index (χ3n) is 6.55. The van der Waals surface area contributed by atoms with Crippen LogP contribution in [0, 0.1) is 5.92 Å². The van der Waals surface area contributed by atoms with Crippen LogP contribution < -0.4 is 14.4 Å². The molecule has 0 saturated heterocycles. The van der Waals surface area contributed by atoms with Crippen LogP contribution in [0.3, 0.4) is 0 Å². The third kappa shape index (κ3) is 6.59. The third-order valence-corrected chi connectivity index (χ3v) is 7.21. The van der Waals surface area contributed by atoms with Gasteiger partial charge in [0.05, 0.1) is 23.1 Å². The Kier molecular flexibility index (Phi) is 8.18. The molecule has 2 aromatic carbocycles. The number of carbonyl (C=O) groups excluding carboxylic acids is 2. The van der Waals surface area contributed by atoms with E-state index in [9.17, 15) is 18.4 Å². The van der Waals surface area contributed by atoms with Gasteiger partial charge in [-0.3, -0.25) is 14.6 Å². The second-order valence-corrected chi connectivity index (χ2v) is 10.2. The van der Waals surface area contributed by atoms with Crippen molar-refractivity contribution < 1.29 is 32.6 Å². The molecule has 0 bridgehead atoms. The fourth-order valence-electron chi connectivity index (χ4n) is 4.38. The Bertz CT molecular complexity index is 1370. The number of pyridine rings is 1. The van der Waals surface area contributed by atoms with Crippen LogP contribution in [0.4, 0.5) is 14.5 Å². The Morgan fingerprint density at radius 1 is 1.08 bits per heavy atom. The average Bonchev–Trinajstić information content (AvgIpc) is 3.68. The molecule has 11 heteroatoms. The summed E-state index contributed by atoms with van der Waals surface area (Å²) in [5.41, 5.74) is 2.42. The largest absolute Gasteiger partial charge is 0.489 e. The number of carbonyl (C=O) groups is 2. The van der Waals surface area contributed by atoms with E-state index in [4.69, 9.17) is 32.7 Å². The van der Waals surface area contributed by atoms with Gasteiger partial charge in [-0.25, -0.2) is 0 Å². The monoisotopic (exact) mass is 576 g/mol. The number of fused-ring (bicyclic) bond motifs is 1. The highest BCUT2D eigenvalue weighted by Crippen LogP contribution is 2.38. The first kappa shape index (κ1) is 27.1. The molecule has 0 unspecified atom stereocenters. The normalized spacial score (nSPS) is 15.3. The Morgan fingerprint density at radius 3 is 2.54 bits per heavy atom. The highest BCUT2D eigenvalue weighted by atomic mass is 35.5. The van der Waals surface area contributed by atoms with Crippen molar-refractivity contribution in [3.8, 4) is 11.5 Å². The Morgan fingerprint density at radius 2 is 1.82 bits per heavy atom. The van der Waals surface area contributed by atoms with Crippen molar-refractivity contribution >= 4 is 40.8 Å². The lowest BCUT2D eigenvalue weighted by Gasteiger charge is -2.23. The van der Waals surface area contributed by atoms with Gasteiger partial charge in [-0.1, -0.05) is 47.5 Å². The van der Waals surface area contributed by atoms with Gasteiger partial charge >= 0.3 is 12.6 Å². The number of anilines is 1. The lowest BCUT2D eigenvalue weighted by molar-refractivity contribution is -0.148. The predicted molar refractivity (Wildman–Crippen MR) is 141 cm³/mol. The topological polar surface area (TPSA) is 78.0 Å². The average molecular weight is 577 g/mol. The molecule has 1 saturated carbocycles. The van der Waals surface area contributed by atoms with Gasteiger partial charge in [0.25, 0.3) is 0 Å². The minimum atomic E-state index is -3.04. The van der Waals surface area contributed by atoms with Crippen molar-refractivity contribution in [1.29, 1.82) is 0 Å². The van der Waals surface area contributed by atoms with Gasteiger partial charge in [0.2, 0.25) is 5.91 Å². The first-order valence-corrected chi connectivity index (χ1v) is 13.1. The van der Waals surface area contributed by atoms with E-state index in [1.54, 1.807) is 12.1 Å². The molecule has 0 radical (unpaired) electrons. The second-order valence-electron chi connectivity index (χ2n) is 9.39. The molecule has 204 valence electrons. The molecular formula is C28H24Cl2F2N2O5. The van der Waals surface area contributed by atoms with Gasteiger partial charge in [0.1, 0.15) is 12.6 Å². The minimum Gasteiger partial charge on any atom is -0.489 e. The van der Waals surface area contributed by atoms with Crippen molar-refractivity contribution in [2.45, 2.75) is 38.4 Å². The number of nitrogens with zero attached hydrogens (tertiary/aromatic N) is 2. The summed E-state index contributed by atoms with van der Waals surface area (Å²) in [6.07, 6.45) is 4.17. The van der Waals surface area contributed by atoms with E-state index < -0.39 is 18.7 Å². The molecule has 7 nitrogen and oxygen atoms in total. The number of hydrogen-bond donors (Lipinski definition) is 0. The molecule has 39 heavy (non-hydrogen) atoms. The number of alkyl halides is 2. The van der Waals surface area contributed by atoms with Gasteiger partial charge in [0, 0.05) is 24.5 Å². The van der Waals surface area contributed by atoms with Crippen molar-refractivity contribution in [2.24, 2.45) is 5.92 Å². The van der Waals surface area contributed by atoms with Gasteiger partial charge < -0.3 is 19.1 Å². The summed E-state index contributed by atoms with van der Waals surface area (Å²) in [4.78, 5) is 31.1. The molecule has 0 spiro atoms. The van der Waals surface area contributed by atoms with Crippen LogP contribution in [-0.4, -0.2) is 36.6 Å². The molecule has 1 atom stereocenters. The van der Waals surface area contributed by atoms with E-state index in [0.717, 1.165) is 18.4 Å². The first-order valence-electron chi connectivity index (χ1n) is 12.4. The maximum atomic E-state index is 13.2. The number of hydrogen-bond acceptors (Lipinski definition) is 6. The molecule has 2 aliphatic rings. The van der Waals surface area contributed by atoms with Crippen LogP contribution in [0.5, 0.6) is 11.5 Å². The zero-order chi connectivity index (χ0) is 27.5. The molecule has 1 amide bonds. The molecule has 5 rings (SSSR count). The highest BCUT2D eigenvalue weighted by Gasteiger charge is 2.31. The molecular weight excluding hydrogens is 553 g/mol. The van der Waals surface area contributed by atoms with Crippen molar-refractivity contribution in [1.82, 2.24) is 4.98 Å². The van der Waals surface area contributed by atoms with Gasteiger partial charge in [0.15, 0.2) is 11.5 Å². The van der Waals surface area contributed by atoms with Gasteiger partial charge in [-0.15, -0.1) is 0 Å². The summed E-state index contributed by atoms with van der Waals surface area (Å²) in [7, 11) is 0. The summed E-state index contributed by atoms with van der Waals surface area (Å²) < 4.78 is 42.4. The zero-order valence-corrected chi connectivity index (χ0v) is 22.1. The molecule has 1 aromatic heterocycles. The molecule has 0 N–H and O–H groups in total. The molecule has 1 aliphatic heterocycles. The zero-order valence-electron chi connectivity index (χ0n) is 20.6. The maximum absolute atomic E-state index is 13.2. The number of benzene rings is 2. The lowest BCUT2D eigenvalue weighted by atomic mass is 10.0. The number of halogens is 4. The predicted octanol–water partition coefficient (Wildman–Crippen LogP) is 6.19. The number of para-hydroxylation sites is 1. The Balaban J connectivity index is 1.43. The van der Waals surface area contributed by atoms with E-state index in [1.165, 1.54) is 35.5 Å². The quantitative estimate of drug-likeness (QED) is 0.253. The number of esters is 1. The van der Waals surface area contributed by atoms with Gasteiger partial charge in [-0.05, 0) is 53.6 Å². The number of aromatic nitrogens is 1. The Labute approximate surface area is 233 Å². The van der Waals surface area contributed by atoms with Crippen molar-refractivity contribution in [3.63, 3.8) is 0 Å². The highest BCUT2D eigenvalue weighted by molar-refractivity contribution is 6.35. The fourth-order valence-corrected chi connectivity index (χ4v) is 4.90. The molecule has 1 fully saturated rings. The standard InChI is InChI=1S/C28H24Cl2F2N2O5/c29-20-12-33-13-21(30)19(20)11-24(38-27(36)14-34-22-4-2-1-3-17(22)10-26(34)35)18-7-8-23(39-28(31)32)25(9-18)37-15-16-5-6-16/h1-4,7-9,12-13,16,24,28H,5-6,10-11,14-15H2/t24-/m0/s1. The van der Waals surface area contributed by atoms with Gasteiger partial charge in [-0.2, -0.15) is 8.78 Å². The number of ether oxygens (including phenoxy) is 3. The molecule has 3 aromatic rings. The second kappa shape index (κ2) is 11.8. The molecule has 1 aliphatic carbocycles. The number of amides is 1. The summed E-state index contributed by atoms with van der Waals surface area (Å²) >= 11 is 12.7. The summed E-state index contributed by atoms with van der Waals surface area (Å²) in [6.45, 7) is -2.99. The SMILES string of the molecule is O=C(CN1C(=O)Cc2ccccc21)O[C@@H](Cc1c(Cl)cncc1Cl)c1ccc(OC(F)F)c(OCC2CC2)c1. The summed E-state index contributed by atoms with van der Waals surface area (Å²) in [5.74, 6) is -0.541. The number of rotatable bonds is 11. The van der Waals surface area contributed by atoms with Crippen LogP contribution >= 0.6 is 23.2 Å². The molecule has 2 heterocycles. The van der Waals surface area contributed by atoms with E-state index in [0.29, 0.717) is 29.3 Å². The van der Waals surface area contributed by atoms with Crippen LogP contribution in [0.15, 0.2) is 54.9 Å². The van der Waals surface area contributed by atoms with E-state index in [1.807, 2.05) is 12.1 Å².